The van der Waals surface area contributed by atoms with Crippen molar-refractivity contribution in [3.8, 4) is 0 Å². The van der Waals surface area contributed by atoms with E-state index >= 15 is 0 Å². The Hall–Kier alpha value is -1.13. The largest absolute Gasteiger partial charge is 0.335 e. The lowest BCUT2D eigenvalue weighted by Gasteiger charge is -2.06. The van der Waals surface area contributed by atoms with Crippen molar-refractivity contribution >= 4 is 15.9 Å². The molecule has 0 aliphatic carbocycles. The van der Waals surface area contributed by atoms with Gasteiger partial charge in [-0.05, 0) is 37.5 Å². The zero-order valence-corrected chi connectivity index (χ0v) is 12.4. The highest BCUT2D eigenvalue weighted by atomic mass is 79.9. The number of nitrogens with two attached hydrogens (primary N) is 1. The first-order valence-corrected chi connectivity index (χ1v) is 6.86. The Kier molecular flexibility index (Phi) is 4.19. The molecule has 0 unspecified atom stereocenters. The molecule has 3 nitrogen and oxygen atoms in total. The number of rotatable bonds is 4. The van der Waals surface area contributed by atoms with Gasteiger partial charge in [-0.3, -0.25) is 0 Å². The second kappa shape index (κ2) is 5.67. The van der Waals surface area contributed by atoms with Crippen LogP contribution in [-0.2, 0) is 26.4 Å². The smallest absolute Gasteiger partial charge is 0.105 e. The second-order valence-corrected chi connectivity index (χ2v) is 5.36. The highest BCUT2D eigenvalue weighted by Gasteiger charge is 2.10. The van der Waals surface area contributed by atoms with E-state index in [2.05, 4.69) is 50.7 Å². The number of hydrogen-bond donors (Lipinski definition) is 1. The van der Waals surface area contributed by atoms with Crippen molar-refractivity contribution in [1.29, 1.82) is 0 Å². The average Bonchev–Trinajstić information content (AvgIpc) is 2.63. The molecular formula is C14H18BrN3. The molecule has 0 saturated carbocycles. The van der Waals surface area contributed by atoms with Crippen LogP contribution in [-0.4, -0.2) is 9.55 Å². The van der Waals surface area contributed by atoms with E-state index in [-0.39, 0.29) is 0 Å². The SMILES string of the molecule is Cc1nc(CN)c(CCc2cccc(Br)c2)n1C. The molecule has 96 valence electrons. The standard InChI is InChI=1S/C14H18BrN3/c1-10-17-13(9-16)14(18(10)2)7-6-11-4-3-5-12(15)8-11/h3-5,8H,6-7,9,16H2,1-2H3. The molecule has 0 fully saturated rings. The van der Waals surface area contributed by atoms with Crippen molar-refractivity contribution in [3.63, 3.8) is 0 Å². The maximum Gasteiger partial charge on any atom is 0.105 e. The first kappa shape index (κ1) is 13.3. The molecule has 2 aromatic rings. The zero-order chi connectivity index (χ0) is 13.1. The van der Waals surface area contributed by atoms with Gasteiger partial charge in [-0.25, -0.2) is 4.98 Å². The molecule has 0 aliphatic heterocycles. The van der Waals surface area contributed by atoms with Gasteiger partial charge in [0.05, 0.1) is 5.69 Å². The van der Waals surface area contributed by atoms with Gasteiger partial charge in [0, 0.05) is 23.8 Å². The van der Waals surface area contributed by atoms with E-state index in [1.54, 1.807) is 0 Å². The fourth-order valence-electron chi connectivity index (χ4n) is 2.15. The summed E-state index contributed by atoms with van der Waals surface area (Å²) in [4.78, 5) is 4.49. The Morgan fingerprint density at radius 2 is 2.11 bits per heavy atom. The summed E-state index contributed by atoms with van der Waals surface area (Å²) in [7, 11) is 2.05. The van der Waals surface area contributed by atoms with Crippen LogP contribution in [0.1, 0.15) is 22.8 Å². The molecule has 0 saturated heterocycles. The molecule has 0 bridgehead atoms. The third kappa shape index (κ3) is 2.82. The maximum absolute atomic E-state index is 5.74. The van der Waals surface area contributed by atoms with E-state index in [0.717, 1.165) is 28.8 Å². The monoisotopic (exact) mass is 307 g/mol. The maximum atomic E-state index is 5.74. The van der Waals surface area contributed by atoms with E-state index in [1.165, 1.54) is 11.3 Å². The quantitative estimate of drug-likeness (QED) is 0.944. The van der Waals surface area contributed by atoms with Gasteiger partial charge >= 0.3 is 0 Å². The van der Waals surface area contributed by atoms with Crippen LogP contribution in [0.5, 0.6) is 0 Å². The molecule has 4 heteroatoms. The Balaban J connectivity index is 2.15. The number of aryl methyl sites for hydroxylation is 2. The fourth-order valence-corrected chi connectivity index (χ4v) is 2.60. The Labute approximate surface area is 116 Å². The summed E-state index contributed by atoms with van der Waals surface area (Å²) >= 11 is 3.50. The van der Waals surface area contributed by atoms with E-state index in [1.807, 2.05) is 13.0 Å². The summed E-state index contributed by atoms with van der Waals surface area (Å²) in [5.74, 6) is 1.03. The van der Waals surface area contributed by atoms with Crippen LogP contribution in [0.25, 0.3) is 0 Å². The second-order valence-electron chi connectivity index (χ2n) is 4.45. The molecule has 2 N–H and O–H groups in total. The number of imidazole rings is 1. The topological polar surface area (TPSA) is 43.8 Å². The van der Waals surface area contributed by atoms with Crippen LogP contribution >= 0.6 is 15.9 Å². The van der Waals surface area contributed by atoms with Crippen molar-refractivity contribution in [3.05, 3.63) is 51.5 Å². The van der Waals surface area contributed by atoms with E-state index in [4.69, 9.17) is 5.73 Å². The van der Waals surface area contributed by atoms with Gasteiger partial charge in [0.1, 0.15) is 5.82 Å². The predicted octanol–water partition coefficient (Wildman–Crippen LogP) is 2.73. The van der Waals surface area contributed by atoms with Crippen LogP contribution in [0.4, 0.5) is 0 Å². The minimum atomic E-state index is 0.509. The Bertz CT molecular complexity index is 546. The van der Waals surface area contributed by atoms with Gasteiger partial charge < -0.3 is 10.3 Å². The Morgan fingerprint density at radius 1 is 1.33 bits per heavy atom. The van der Waals surface area contributed by atoms with Crippen molar-refractivity contribution in [1.82, 2.24) is 9.55 Å². The van der Waals surface area contributed by atoms with Crippen molar-refractivity contribution < 1.29 is 0 Å². The third-order valence-corrected chi connectivity index (χ3v) is 3.75. The van der Waals surface area contributed by atoms with Crippen LogP contribution < -0.4 is 5.73 Å². The normalized spacial score (nSPS) is 10.9. The number of hydrogen-bond acceptors (Lipinski definition) is 2. The van der Waals surface area contributed by atoms with Gasteiger partial charge in [0.2, 0.25) is 0 Å². The highest BCUT2D eigenvalue weighted by molar-refractivity contribution is 9.10. The summed E-state index contributed by atoms with van der Waals surface area (Å²) in [5, 5.41) is 0. The van der Waals surface area contributed by atoms with E-state index in [9.17, 15) is 0 Å². The van der Waals surface area contributed by atoms with Gasteiger partial charge in [-0.1, -0.05) is 28.1 Å². The van der Waals surface area contributed by atoms with Crippen LogP contribution in [0.2, 0.25) is 0 Å². The molecule has 0 amide bonds. The summed E-state index contributed by atoms with van der Waals surface area (Å²) in [6, 6.07) is 8.42. The minimum Gasteiger partial charge on any atom is -0.335 e. The molecule has 0 aliphatic rings. The molecule has 0 radical (unpaired) electrons. The number of nitrogens with zero attached hydrogens (tertiary/aromatic N) is 2. The minimum absolute atomic E-state index is 0.509. The van der Waals surface area contributed by atoms with Crippen LogP contribution in [0.15, 0.2) is 28.7 Å². The van der Waals surface area contributed by atoms with Gasteiger partial charge in [0.15, 0.2) is 0 Å². The molecule has 2 rings (SSSR count). The van der Waals surface area contributed by atoms with Crippen molar-refractivity contribution in [2.45, 2.75) is 26.3 Å². The summed E-state index contributed by atoms with van der Waals surface area (Å²) < 4.78 is 3.26. The number of benzene rings is 1. The average molecular weight is 308 g/mol. The summed E-state index contributed by atoms with van der Waals surface area (Å²) in [6.45, 7) is 2.53. The summed E-state index contributed by atoms with van der Waals surface area (Å²) in [6.07, 6.45) is 1.98. The molecule has 1 aromatic heterocycles. The Morgan fingerprint density at radius 3 is 2.78 bits per heavy atom. The van der Waals surface area contributed by atoms with Crippen LogP contribution in [0.3, 0.4) is 0 Å². The van der Waals surface area contributed by atoms with E-state index in [0.29, 0.717) is 6.54 Å². The molecular weight excluding hydrogens is 290 g/mol. The number of aromatic nitrogens is 2. The lowest BCUT2D eigenvalue weighted by Crippen LogP contribution is -2.06. The lowest BCUT2D eigenvalue weighted by atomic mass is 10.1. The summed E-state index contributed by atoms with van der Waals surface area (Å²) in [5.41, 5.74) is 9.33. The van der Waals surface area contributed by atoms with Gasteiger partial charge in [-0.2, -0.15) is 0 Å². The number of halogens is 1. The van der Waals surface area contributed by atoms with Crippen LogP contribution in [0, 0.1) is 6.92 Å². The van der Waals surface area contributed by atoms with Crippen molar-refractivity contribution in [2.75, 3.05) is 0 Å². The zero-order valence-electron chi connectivity index (χ0n) is 10.8. The molecule has 0 atom stereocenters. The molecule has 1 heterocycles. The first-order valence-electron chi connectivity index (χ1n) is 6.07. The van der Waals surface area contributed by atoms with Gasteiger partial charge in [-0.15, -0.1) is 0 Å². The van der Waals surface area contributed by atoms with Crippen molar-refractivity contribution in [2.24, 2.45) is 12.8 Å². The van der Waals surface area contributed by atoms with Gasteiger partial charge in [0.25, 0.3) is 0 Å². The molecule has 0 spiro atoms. The van der Waals surface area contributed by atoms with E-state index < -0.39 is 0 Å². The molecule has 1 aromatic carbocycles. The predicted molar refractivity (Wildman–Crippen MR) is 77.4 cm³/mol. The lowest BCUT2D eigenvalue weighted by molar-refractivity contribution is 0.765. The first-order chi connectivity index (χ1) is 8.61. The molecule has 18 heavy (non-hydrogen) atoms. The highest BCUT2D eigenvalue weighted by Crippen LogP contribution is 2.16. The fraction of sp³-hybridized carbons (Fsp3) is 0.357. The third-order valence-electron chi connectivity index (χ3n) is 3.25.